The van der Waals surface area contributed by atoms with Gasteiger partial charge in [0.25, 0.3) is 10.1 Å². The van der Waals surface area contributed by atoms with Gasteiger partial charge >= 0.3 is 0 Å². The fourth-order valence-electron chi connectivity index (χ4n) is 1.24. The van der Waals surface area contributed by atoms with Gasteiger partial charge in [0, 0.05) is 11.1 Å². The number of rotatable bonds is 1. The molecule has 18 heavy (non-hydrogen) atoms. The van der Waals surface area contributed by atoms with Gasteiger partial charge < -0.3 is 0 Å². The first-order chi connectivity index (χ1) is 8.35. The lowest BCUT2D eigenvalue weighted by Gasteiger charge is -2.06. The largest absolute Gasteiger partial charge is 0.289 e. The SMILES string of the molecule is CCS(=O)(=O)O.O=C1C=CC(=O)c2ccccc21. The van der Waals surface area contributed by atoms with Crippen LogP contribution in [0.5, 0.6) is 0 Å². The summed E-state index contributed by atoms with van der Waals surface area (Å²) in [5, 5.41) is 0. The standard InChI is InChI=1S/C10H6O2.C2H6O3S/c11-9-5-6-10(12)8-4-2-1-3-7(8)9;1-2-6(3,4)5/h1-6H;2H2,1H3,(H,3,4,5). The molecule has 2 rings (SSSR count). The Balaban J connectivity index is 0.000000232. The number of carbonyl (C=O) groups excluding carboxylic acids is 2. The third-order valence-corrected chi connectivity index (χ3v) is 2.94. The maximum absolute atomic E-state index is 11.2. The smallest absolute Gasteiger partial charge is 0.264 e. The zero-order valence-corrected chi connectivity index (χ0v) is 10.5. The van der Waals surface area contributed by atoms with E-state index in [9.17, 15) is 18.0 Å². The molecule has 1 aromatic rings. The van der Waals surface area contributed by atoms with Gasteiger partial charge in [-0.3, -0.25) is 14.1 Å². The van der Waals surface area contributed by atoms with Crippen LogP contribution in [-0.2, 0) is 10.1 Å². The third-order valence-electron chi connectivity index (χ3n) is 2.21. The normalized spacial score (nSPS) is 13.7. The van der Waals surface area contributed by atoms with Gasteiger partial charge in [-0.25, -0.2) is 0 Å². The zero-order chi connectivity index (χ0) is 13.8. The Morgan fingerprint density at radius 3 is 1.61 bits per heavy atom. The number of hydrogen-bond acceptors (Lipinski definition) is 4. The van der Waals surface area contributed by atoms with E-state index in [0.717, 1.165) is 0 Å². The van der Waals surface area contributed by atoms with Gasteiger partial charge in [0.15, 0.2) is 11.6 Å². The first-order valence-electron chi connectivity index (χ1n) is 5.16. The Morgan fingerprint density at radius 1 is 1.00 bits per heavy atom. The van der Waals surface area contributed by atoms with Gasteiger partial charge in [-0.2, -0.15) is 8.42 Å². The summed E-state index contributed by atoms with van der Waals surface area (Å²) in [6.45, 7) is 1.37. The Kier molecular flexibility index (Phi) is 4.52. The van der Waals surface area contributed by atoms with Crippen LogP contribution in [0.15, 0.2) is 36.4 Å². The number of carbonyl (C=O) groups is 2. The van der Waals surface area contributed by atoms with Crippen molar-refractivity contribution in [2.45, 2.75) is 6.92 Å². The van der Waals surface area contributed by atoms with Gasteiger partial charge in [0.2, 0.25) is 0 Å². The van der Waals surface area contributed by atoms with E-state index >= 15 is 0 Å². The van der Waals surface area contributed by atoms with Crippen molar-refractivity contribution in [2.75, 3.05) is 5.75 Å². The van der Waals surface area contributed by atoms with Crippen molar-refractivity contribution >= 4 is 21.7 Å². The van der Waals surface area contributed by atoms with Crippen molar-refractivity contribution in [1.82, 2.24) is 0 Å². The van der Waals surface area contributed by atoms with Gasteiger partial charge in [0.05, 0.1) is 5.75 Å². The van der Waals surface area contributed by atoms with Gasteiger partial charge in [-0.05, 0) is 19.1 Å². The molecule has 0 amide bonds. The Labute approximate surface area is 105 Å². The highest BCUT2D eigenvalue weighted by Gasteiger charge is 2.16. The molecule has 1 aliphatic rings. The topological polar surface area (TPSA) is 88.5 Å². The number of ketones is 2. The van der Waals surface area contributed by atoms with Crippen molar-refractivity contribution in [2.24, 2.45) is 0 Å². The Bertz CT molecular complexity index is 562. The number of benzene rings is 1. The summed E-state index contributed by atoms with van der Waals surface area (Å²) in [5.74, 6) is -0.386. The highest BCUT2D eigenvalue weighted by atomic mass is 32.2. The molecule has 0 spiro atoms. The van der Waals surface area contributed by atoms with Crippen molar-refractivity contribution in [3.8, 4) is 0 Å². The van der Waals surface area contributed by atoms with Crippen LogP contribution in [0.3, 0.4) is 0 Å². The van der Waals surface area contributed by atoms with Crippen LogP contribution >= 0.6 is 0 Å². The quantitative estimate of drug-likeness (QED) is 0.780. The number of allylic oxidation sites excluding steroid dienone is 2. The van der Waals surface area contributed by atoms with E-state index in [1.54, 1.807) is 24.3 Å². The van der Waals surface area contributed by atoms with Crippen LogP contribution in [0, 0.1) is 0 Å². The highest BCUT2D eigenvalue weighted by Crippen LogP contribution is 2.15. The van der Waals surface area contributed by atoms with E-state index in [0.29, 0.717) is 11.1 Å². The lowest BCUT2D eigenvalue weighted by atomic mass is 9.95. The molecule has 0 aromatic heterocycles. The molecule has 1 aromatic carbocycles. The first kappa shape index (κ1) is 14.3. The predicted molar refractivity (Wildman–Crippen MR) is 66.3 cm³/mol. The van der Waals surface area contributed by atoms with Crippen LogP contribution in [0.2, 0.25) is 0 Å². The maximum Gasteiger partial charge on any atom is 0.264 e. The second-order valence-corrected chi connectivity index (χ2v) is 5.22. The van der Waals surface area contributed by atoms with Crippen molar-refractivity contribution < 1.29 is 22.6 Å². The molecule has 5 nitrogen and oxygen atoms in total. The monoisotopic (exact) mass is 268 g/mol. The van der Waals surface area contributed by atoms with Crippen molar-refractivity contribution in [1.29, 1.82) is 0 Å². The molecule has 6 heteroatoms. The van der Waals surface area contributed by atoms with E-state index in [2.05, 4.69) is 0 Å². The predicted octanol–water partition coefficient (Wildman–Crippen LogP) is 1.52. The molecule has 0 fully saturated rings. The summed E-state index contributed by atoms with van der Waals surface area (Å²) in [4.78, 5) is 22.4. The highest BCUT2D eigenvalue weighted by molar-refractivity contribution is 7.85. The minimum absolute atomic E-state index is 0.0924. The third kappa shape index (κ3) is 3.90. The van der Waals surface area contributed by atoms with Crippen molar-refractivity contribution in [3.05, 3.63) is 47.5 Å². The molecule has 0 heterocycles. The fraction of sp³-hybridized carbons (Fsp3) is 0.167. The molecule has 0 saturated carbocycles. The summed E-state index contributed by atoms with van der Waals surface area (Å²) in [6.07, 6.45) is 2.62. The molecule has 1 N–H and O–H groups in total. The van der Waals surface area contributed by atoms with Crippen LogP contribution < -0.4 is 0 Å². The molecule has 0 atom stereocenters. The van der Waals surface area contributed by atoms with Crippen LogP contribution in [0.1, 0.15) is 27.6 Å². The molecule has 0 aliphatic heterocycles. The minimum Gasteiger partial charge on any atom is -0.289 e. The van der Waals surface area contributed by atoms with Crippen LogP contribution in [0.25, 0.3) is 0 Å². The second kappa shape index (κ2) is 5.70. The lowest BCUT2D eigenvalue weighted by molar-refractivity contribution is 0.0994. The van der Waals surface area contributed by atoms with E-state index in [-0.39, 0.29) is 17.3 Å². The summed E-state index contributed by atoms with van der Waals surface area (Å²) in [5.41, 5.74) is 1.01. The average Bonchev–Trinajstić information content (AvgIpc) is 2.34. The second-order valence-electron chi connectivity index (χ2n) is 3.48. The van der Waals surface area contributed by atoms with Crippen LogP contribution in [-0.4, -0.2) is 30.3 Å². The fourth-order valence-corrected chi connectivity index (χ4v) is 1.24. The summed E-state index contributed by atoms with van der Waals surface area (Å²) >= 11 is 0. The Hall–Kier alpha value is -1.79. The zero-order valence-electron chi connectivity index (χ0n) is 9.66. The number of fused-ring (bicyclic) bond motifs is 1. The molecule has 0 bridgehead atoms. The number of hydrogen-bond donors (Lipinski definition) is 1. The first-order valence-corrected chi connectivity index (χ1v) is 6.77. The van der Waals surface area contributed by atoms with E-state index in [1.807, 2.05) is 0 Å². The molecular formula is C12H12O5S. The molecule has 96 valence electrons. The Morgan fingerprint density at radius 2 is 1.33 bits per heavy atom. The van der Waals surface area contributed by atoms with Crippen molar-refractivity contribution in [3.63, 3.8) is 0 Å². The summed E-state index contributed by atoms with van der Waals surface area (Å²) < 4.78 is 26.9. The molecule has 0 unspecified atom stereocenters. The molecule has 0 radical (unpaired) electrons. The van der Waals surface area contributed by atoms with E-state index in [4.69, 9.17) is 4.55 Å². The molecule has 1 aliphatic carbocycles. The summed E-state index contributed by atoms with van der Waals surface area (Å²) in [7, 11) is -3.66. The van der Waals surface area contributed by atoms with E-state index in [1.165, 1.54) is 19.1 Å². The average molecular weight is 268 g/mol. The molecule has 0 saturated heterocycles. The minimum atomic E-state index is -3.66. The van der Waals surface area contributed by atoms with Gasteiger partial charge in [-0.1, -0.05) is 24.3 Å². The van der Waals surface area contributed by atoms with E-state index < -0.39 is 10.1 Å². The summed E-state index contributed by atoms with van der Waals surface area (Å²) in [6, 6.07) is 6.84. The molecular weight excluding hydrogens is 256 g/mol. The van der Waals surface area contributed by atoms with Gasteiger partial charge in [0.1, 0.15) is 0 Å². The van der Waals surface area contributed by atoms with Crippen LogP contribution in [0.4, 0.5) is 0 Å². The van der Waals surface area contributed by atoms with Gasteiger partial charge in [-0.15, -0.1) is 0 Å². The maximum atomic E-state index is 11.2. The lowest BCUT2D eigenvalue weighted by Crippen LogP contribution is -2.10.